The first-order chi connectivity index (χ1) is 15.0. The lowest BCUT2D eigenvalue weighted by Crippen LogP contribution is -2.49. The molecule has 166 valence electrons. The highest BCUT2D eigenvalue weighted by Gasteiger charge is 2.23. The summed E-state index contributed by atoms with van der Waals surface area (Å²) >= 11 is 12.4. The van der Waals surface area contributed by atoms with E-state index in [-0.39, 0.29) is 18.2 Å². The highest BCUT2D eigenvalue weighted by atomic mass is 35.5. The summed E-state index contributed by atoms with van der Waals surface area (Å²) in [5.74, 6) is -0.0892. The van der Waals surface area contributed by atoms with Crippen molar-refractivity contribution >= 4 is 40.7 Å². The first-order valence-corrected chi connectivity index (χ1v) is 11.2. The molecule has 1 aliphatic rings. The number of hydrogen-bond acceptors (Lipinski definition) is 4. The number of hydrogen-bond donors (Lipinski definition) is 1. The van der Waals surface area contributed by atoms with E-state index in [4.69, 9.17) is 27.9 Å². The van der Waals surface area contributed by atoms with Crippen LogP contribution in [0.5, 0.6) is 0 Å². The van der Waals surface area contributed by atoms with Crippen molar-refractivity contribution in [2.45, 2.75) is 13.3 Å². The molecule has 0 atom stereocenters. The lowest BCUT2D eigenvalue weighted by Gasteiger charge is -2.36. The fraction of sp³-hybridized carbons (Fsp3) is 0.391. The second-order valence-corrected chi connectivity index (χ2v) is 8.06. The Morgan fingerprint density at radius 1 is 1.00 bits per heavy atom. The number of carbonyl (C=O) groups is 2. The van der Waals surface area contributed by atoms with Crippen molar-refractivity contribution in [1.82, 2.24) is 10.2 Å². The summed E-state index contributed by atoms with van der Waals surface area (Å²) in [6, 6.07) is 12.8. The molecule has 8 heteroatoms. The average Bonchev–Trinajstić information content (AvgIpc) is 2.79. The molecule has 1 N–H and O–H groups in total. The minimum absolute atomic E-state index is 0.0220. The maximum atomic E-state index is 12.7. The summed E-state index contributed by atoms with van der Waals surface area (Å²) in [5.41, 5.74) is 2.33. The van der Waals surface area contributed by atoms with Crippen LogP contribution in [0.1, 0.15) is 22.8 Å². The summed E-state index contributed by atoms with van der Waals surface area (Å²) in [7, 11) is 0. The Labute approximate surface area is 193 Å². The van der Waals surface area contributed by atoms with Crippen molar-refractivity contribution in [3.8, 4) is 0 Å². The van der Waals surface area contributed by atoms with Crippen molar-refractivity contribution in [3.63, 3.8) is 0 Å². The molecule has 2 amide bonds. The van der Waals surface area contributed by atoms with Gasteiger partial charge in [-0.1, -0.05) is 29.3 Å². The first-order valence-electron chi connectivity index (χ1n) is 10.4. The number of halogens is 2. The van der Waals surface area contributed by atoms with Gasteiger partial charge in [0.2, 0.25) is 5.91 Å². The van der Waals surface area contributed by atoms with Gasteiger partial charge in [-0.25, -0.2) is 0 Å². The zero-order chi connectivity index (χ0) is 22.2. The monoisotopic (exact) mass is 463 g/mol. The normalized spacial score (nSPS) is 13.9. The first kappa shape index (κ1) is 23.4. The third-order valence-electron chi connectivity index (χ3n) is 5.25. The largest absolute Gasteiger partial charge is 0.380 e. The van der Waals surface area contributed by atoms with Crippen LogP contribution >= 0.6 is 23.2 Å². The molecule has 0 bridgehead atoms. The fourth-order valence-corrected chi connectivity index (χ4v) is 4.02. The molecule has 31 heavy (non-hydrogen) atoms. The predicted molar refractivity (Wildman–Crippen MR) is 124 cm³/mol. The molecule has 0 saturated carbocycles. The van der Waals surface area contributed by atoms with Crippen molar-refractivity contribution in [3.05, 3.63) is 63.6 Å². The molecule has 0 aliphatic carbocycles. The van der Waals surface area contributed by atoms with E-state index in [1.54, 1.807) is 18.2 Å². The Hall–Kier alpha value is -2.28. The van der Waals surface area contributed by atoms with Gasteiger partial charge >= 0.3 is 0 Å². The number of rotatable bonds is 8. The molecular weight excluding hydrogens is 437 g/mol. The lowest BCUT2D eigenvalue weighted by molar-refractivity contribution is -0.130. The van der Waals surface area contributed by atoms with Crippen LogP contribution in [0.15, 0.2) is 42.5 Å². The Morgan fingerprint density at radius 2 is 1.65 bits per heavy atom. The van der Waals surface area contributed by atoms with Crippen LogP contribution in [-0.4, -0.2) is 62.7 Å². The SMILES string of the molecule is CCOCCNC(=O)c1ccc(N2CCN(C(=O)Cc3c(Cl)cccc3Cl)CC2)cc1. The number of nitrogens with zero attached hydrogens (tertiary/aromatic N) is 2. The summed E-state index contributed by atoms with van der Waals surface area (Å²) in [6.45, 7) is 6.25. The van der Waals surface area contributed by atoms with Crippen LogP contribution in [0, 0.1) is 0 Å². The average molecular weight is 464 g/mol. The van der Waals surface area contributed by atoms with Gasteiger partial charge in [0.1, 0.15) is 0 Å². The number of nitrogens with one attached hydrogen (secondary N) is 1. The van der Waals surface area contributed by atoms with Crippen molar-refractivity contribution in [1.29, 1.82) is 0 Å². The molecule has 2 aromatic carbocycles. The van der Waals surface area contributed by atoms with E-state index >= 15 is 0 Å². The van der Waals surface area contributed by atoms with Crippen LogP contribution < -0.4 is 10.2 Å². The van der Waals surface area contributed by atoms with Gasteiger partial charge in [-0.3, -0.25) is 9.59 Å². The molecule has 3 rings (SSSR count). The molecule has 1 saturated heterocycles. The van der Waals surface area contributed by atoms with Gasteiger partial charge in [0.15, 0.2) is 0 Å². The van der Waals surface area contributed by atoms with E-state index < -0.39 is 0 Å². The third-order valence-corrected chi connectivity index (χ3v) is 5.96. The molecule has 0 unspecified atom stereocenters. The Morgan fingerprint density at radius 3 is 2.26 bits per heavy atom. The minimum Gasteiger partial charge on any atom is -0.380 e. The van der Waals surface area contributed by atoms with Crippen molar-refractivity contribution < 1.29 is 14.3 Å². The molecule has 1 heterocycles. The highest BCUT2D eigenvalue weighted by Crippen LogP contribution is 2.25. The van der Waals surface area contributed by atoms with Gasteiger partial charge in [-0.2, -0.15) is 0 Å². The molecule has 2 aromatic rings. The molecule has 6 nitrogen and oxygen atoms in total. The third kappa shape index (κ3) is 6.35. The summed E-state index contributed by atoms with van der Waals surface area (Å²) in [5, 5.41) is 3.87. The molecule has 0 radical (unpaired) electrons. The number of anilines is 1. The Bertz CT molecular complexity index is 877. The molecule has 1 aliphatic heterocycles. The summed E-state index contributed by atoms with van der Waals surface area (Å²) < 4.78 is 5.23. The summed E-state index contributed by atoms with van der Waals surface area (Å²) in [6.07, 6.45) is 0.200. The van der Waals surface area contributed by atoms with Gasteiger partial charge in [0.25, 0.3) is 5.91 Å². The van der Waals surface area contributed by atoms with Crippen LogP contribution in [0.2, 0.25) is 10.0 Å². The second kappa shape index (κ2) is 11.4. The predicted octanol–water partition coefficient (Wildman–Crippen LogP) is 3.65. The summed E-state index contributed by atoms with van der Waals surface area (Å²) in [4.78, 5) is 28.9. The topological polar surface area (TPSA) is 61.9 Å². The van der Waals surface area contributed by atoms with Gasteiger partial charge in [-0.15, -0.1) is 0 Å². The van der Waals surface area contributed by atoms with E-state index in [2.05, 4.69) is 10.2 Å². The van der Waals surface area contributed by atoms with Gasteiger partial charge in [-0.05, 0) is 48.9 Å². The fourth-order valence-electron chi connectivity index (χ4n) is 3.49. The second-order valence-electron chi connectivity index (χ2n) is 7.24. The van der Waals surface area contributed by atoms with Gasteiger partial charge in [0, 0.05) is 60.6 Å². The van der Waals surface area contributed by atoms with E-state index in [9.17, 15) is 9.59 Å². The quantitative estimate of drug-likeness (QED) is 0.606. The van der Waals surface area contributed by atoms with Crippen LogP contribution in [0.4, 0.5) is 5.69 Å². The number of benzene rings is 2. The van der Waals surface area contributed by atoms with Crippen LogP contribution in [0.3, 0.4) is 0 Å². The lowest BCUT2D eigenvalue weighted by atomic mass is 10.1. The molecule has 1 fully saturated rings. The van der Waals surface area contributed by atoms with E-state index in [1.165, 1.54) is 0 Å². The van der Waals surface area contributed by atoms with Gasteiger partial charge < -0.3 is 19.9 Å². The highest BCUT2D eigenvalue weighted by molar-refractivity contribution is 6.36. The maximum Gasteiger partial charge on any atom is 0.251 e. The van der Waals surface area contributed by atoms with Crippen LogP contribution in [0.25, 0.3) is 0 Å². The van der Waals surface area contributed by atoms with E-state index in [0.29, 0.717) is 54.0 Å². The van der Waals surface area contributed by atoms with Gasteiger partial charge in [0.05, 0.1) is 13.0 Å². The number of amides is 2. The van der Waals surface area contributed by atoms with Crippen molar-refractivity contribution in [2.75, 3.05) is 50.8 Å². The maximum absolute atomic E-state index is 12.7. The molecule has 0 aromatic heterocycles. The number of piperazine rings is 1. The van der Waals surface area contributed by atoms with E-state index in [1.807, 2.05) is 36.1 Å². The van der Waals surface area contributed by atoms with E-state index in [0.717, 1.165) is 18.8 Å². The number of ether oxygens (including phenoxy) is 1. The standard InChI is InChI=1S/C23H27Cl2N3O3/c1-2-31-15-10-26-23(30)17-6-8-18(9-7-17)27-11-13-28(14-12-27)22(29)16-19-20(24)4-3-5-21(19)25/h3-9H,2,10-16H2,1H3,(H,26,30). The molecular formula is C23H27Cl2N3O3. The Balaban J connectivity index is 1.50. The van der Waals surface area contributed by atoms with Crippen LogP contribution in [-0.2, 0) is 16.0 Å². The van der Waals surface area contributed by atoms with Crippen molar-refractivity contribution in [2.24, 2.45) is 0 Å². The Kier molecular flexibility index (Phi) is 8.58. The zero-order valence-electron chi connectivity index (χ0n) is 17.6. The number of carbonyl (C=O) groups excluding carboxylic acids is 2. The smallest absolute Gasteiger partial charge is 0.251 e. The zero-order valence-corrected chi connectivity index (χ0v) is 19.1. The minimum atomic E-state index is -0.111. The molecule has 0 spiro atoms.